The molecular weight excluding hydrogens is 332 g/mol. The van der Waals surface area contributed by atoms with Crippen molar-refractivity contribution < 1.29 is 4.79 Å². The lowest BCUT2D eigenvalue weighted by atomic mass is 10.2. The van der Waals surface area contributed by atoms with Crippen molar-refractivity contribution in [3.8, 4) is 0 Å². The first kappa shape index (κ1) is 15.9. The molecular formula is C19H18N4OS. The Morgan fingerprint density at radius 2 is 1.92 bits per heavy atom. The van der Waals surface area contributed by atoms with Crippen LogP contribution in [0.25, 0.3) is 5.70 Å². The predicted octanol–water partition coefficient (Wildman–Crippen LogP) is 1.72. The molecule has 2 aromatic rings. The summed E-state index contributed by atoms with van der Waals surface area (Å²) in [6.45, 7) is 4.01. The molecule has 4 rings (SSSR count). The van der Waals surface area contributed by atoms with Gasteiger partial charge in [0.05, 0.1) is 5.36 Å². The van der Waals surface area contributed by atoms with Gasteiger partial charge in [0.15, 0.2) is 5.17 Å². The first-order chi connectivity index (χ1) is 12.1. The number of para-hydroxylation sites is 1. The second-order valence-electron chi connectivity index (χ2n) is 6.10. The topological polar surface area (TPSA) is 57.1 Å². The fourth-order valence-electron chi connectivity index (χ4n) is 2.89. The van der Waals surface area contributed by atoms with E-state index in [0.717, 1.165) is 16.3 Å². The molecule has 2 heterocycles. The van der Waals surface area contributed by atoms with Crippen LogP contribution in [0.4, 0.5) is 0 Å². The molecule has 2 aliphatic heterocycles. The number of nitrogens with one attached hydrogen (secondary N) is 1. The predicted molar refractivity (Wildman–Crippen MR) is 100.0 cm³/mol. The monoisotopic (exact) mass is 350 g/mol. The lowest BCUT2D eigenvalue weighted by molar-refractivity contribution is -0.116. The lowest BCUT2D eigenvalue weighted by Gasteiger charge is -2.32. The van der Waals surface area contributed by atoms with Gasteiger partial charge in [-0.2, -0.15) is 0 Å². The average Bonchev–Trinajstić information content (AvgIpc) is 2.61. The van der Waals surface area contributed by atoms with E-state index in [2.05, 4.69) is 46.6 Å². The van der Waals surface area contributed by atoms with Gasteiger partial charge in [-0.3, -0.25) is 15.1 Å². The van der Waals surface area contributed by atoms with Crippen LogP contribution in [-0.2, 0) is 10.5 Å². The maximum atomic E-state index is 12.7. The maximum Gasteiger partial charge on any atom is 0.276 e. The van der Waals surface area contributed by atoms with Crippen molar-refractivity contribution in [2.45, 2.75) is 25.8 Å². The van der Waals surface area contributed by atoms with E-state index in [1.807, 2.05) is 31.2 Å². The molecule has 0 fully saturated rings. The summed E-state index contributed by atoms with van der Waals surface area (Å²) in [5.74, 6) is 0.626. The highest BCUT2D eigenvalue weighted by Crippen LogP contribution is 2.22. The van der Waals surface area contributed by atoms with Gasteiger partial charge < -0.3 is 0 Å². The van der Waals surface area contributed by atoms with Crippen LogP contribution in [0, 0.1) is 6.92 Å². The second-order valence-corrected chi connectivity index (χ2v) is 7.07. The quantitative estimate of drug-likeness (QED) is 0.897. The molecule has 0 radical (unpaired) electrons. The minimum absolute atomic E-state index is 0.129. The highest BCUT2D eigenvalue weighted by molar-refractivity contribution is 8.13. The molecule has 126 valence electrons. The zero-order chi connectivity index (χ0) is 17.4. The van der Waals surface area contributed by atoms with Crippen molar-refractivity contribution >= 4 is 28.5 Å². The van der Waals surface area contributed by atoms with Crippen molar-refractivity contribution in [1.82, 2.24) is 10.3 Å². The van der Waals surface area contributed by atoms with E-state index < -0.39 is 0 Å². The van der Waals surface area contributed by atoms with Crippen molar-refractivity contribution in [2.24, 2.45) is 10.1 Å². The highest BCUT2D eigenvalue weighted by atomic mass is 32.2. The number of fused-ring (bicyclic) bond motifs is 2. The highest BCUT2D eigenvalue weighted by Gasteiger charge is 2.31. The van der Waals surface area contributed by atoms with E-state index in [1.165, 1.54) is 22.9 Å². The van der Waals surface area contributed by atoms with Crippen molar-refractivity contribution in [3.63, 3.8) is 0 Å². The Kier molecular flexibility index (Phi) is 4.05. The molecule has 0 spiro atoms. The van der Waals surface area contributed by atoms with Gasteiger partial charge in [-0.25, -0.2) is 5.01 Å². The fourth-order valence-corrected chi connectivity index (χ4v) is 3.70. The van der Waals surface area contributed by atoms with Crippen LogP contribution in [0.1, 0.15) is 18.1 Å². The summed E-state index contributed by atoms with van der Waals surface area (Å²) in [6.07, 6.45) is -0.203. The fraction of sp³-hybridized carbons (Fsp3) is 0.211. The van der Waals surface area contributed by atoms with Crippen molar-refractivity contribution in [1.29, 1.82) is 0 Å². The summed E-state index contributed by atoms with van der Waals surface area (Å²) in [5, 5.41) is 11.5. The van der Waals surface area contributed by atoms with E-state index in [0.29, 0.717) is 10.9 Å². The van der Waals surface area contributed by atoms with Crippen LogP contribution >= 0.6 is 11.8 Å². The van der Waals surface area contributed by atoms with Gasteiger partial charge >= 0.3 is 0 Å². The summed E-state index contributed by atoms with van der Waals surface area (Å²) in [5.41, 5.74) is 3.00. The van der Waals surface area contributed by atoms with Crippen molar-refractivity contribution in [2.75, 3.05) is 0 Å². The van der Waals surface area contributed by atoms with Gasteiger partial charge in [-0.1, -0.05) is 59.8 Å². The summed E-state index contributed by atoms with van der Waals surface area (Å²) in [7, 11) is 0. The van der Waals surface area contributed by atoms with Gasteiger partial charge in [0.25, 0.3) is 5.91 Å². The molecule has 0 bridgehead atoms. The van der Waals surface area contributed by atoms with Crippen molar-refractivity contribution in [3.05, 3.63) is 70.2 Å². The lowest BCUT2D eigenvalue weighted by Crippen LogP contribution is -2.51. The summed E-state index contributed by atoms with van der Waals surface area (Å²) in [6, 6.07) is 16.0. The summed E-state index contributed by atoms with van der Waals surface area (Å²) < 4.78 is 0. The second kappa shape index (κ2) is 6.37. The number of nitrogens with zero attached hydrogens (tertiary/aromatic N) is 3. The third-order valence-corrected chi connectivity index (χ3v) is 5.13. The Morgan fingerprint density at radius 3 is 2.72 bits per heavy atom. The standard InChI is InChI=1S/C19H18N4OS/c1-12-7-9-14(10-8-12)11-25-19-21-18(24)17-15-5-3-4-6-16(15)20-13(2)23(17)22-19/h3-10,13H,11H2,1-2H3,(H,21,22,24)/t13-/m1/s1. The molecule has 2 aliphatic rings. The molecule has 5 nitrogen and oxygen atoms in total. The number of carbonyl (C=O) groups excluding carboxylic acids is 1. The Balaban J connectivity index is 1.63. The van der Waals surface area contributed by atoms with E-state index in [-0.39, 0.29) is 12.1 Å². The van der Waals surface area contributed by atoms with E-state index in [1.54, 1.807) is 5.01 Å². The van der Waals surface area contributed by atoms with Gasteiger partial charge in [-0.15, -0.1) is 5.10 Å². The molecule has 0 saturated heterocycles. The number of hydrazone groups is 1. The first-order valence-electron chi connectivity index (χ1n) is 8.16. The molecule has 1 amide bonds. The molecule has 1 atom stereocenters. The Hall–Kier alpha value is -2.60. The molecule has 0 saturated carbocycles. The molecule has 0 unspecified atom stereocenters. The Bertz CT molecular complexity index is 981. The zero-order valence-electron chi connectivity index (χ0n) is 14.1. The Morgan fingerprint density at radius 1 is 1.16 bits per heavy atom. The number of hydrogen-bond donors (Lipinski definition) is 1. The van der Waals surface area contributed by atoms with Gasteiger partial charge in [0.2, 0.25) is 0 Å². The molecule has 25 heavy (non-hydrogen) atoms. The average molecular weight is 350 g/mol. The number of amidine groups is 1. The van der Waals surface area contributed by atoms with Crippen LogP contribution in [0.5, 0.6) is 0 Å². The SMILES string of the molecule is Cc1ccc(CSC2=NN3C(=c4ccccc4=N[C@H]3C)C(=O)N2)cc1. The minimum Gasteiger partial charge on any atom is -0.298 e. The van der Waals surface area contributed by atoms with Crippen LogP contribution in [0.2, 0.25) is 0 Å². The van der Waals surface area contributed by atoms with E-state index >= 15 is 0 Å². The largest absolute Gasteiger partial charge is 0.298 e. The molecule has 0 aromatic heterocycles. The van der Waals surface area contributed by atoms with Crippen LogP contribution < -0.4 is 15.9 Å². The summed E-state index contributed by atoms with van der Waals surface area (Å²) >= 11 is 1.52. The minimum atomic E-state index is -0.203. The summed E-state index contributed by atoms with van der Waals surface area (Å²) in [4.78, 5) is 17.3. The molecule has 2 aromatic carbocycles. The van der Waals surface area contributed by atoms with Gasteiger partial charge in [0.1, 0.15) is 11.9 Å². The molecule has 1 N–H and O–H groups in total. The smallest absolute Gasteiger partial charge is 0.276 e. The normalized spacial score (nSPS) is 18.7. The van der Waals surface area contributed by atoms with E-state index in [9.17, 15) is 4.79 Å². The van der Waals surface area contributed by atoms with Crippen LogP contribution in [0.15, 0.2) is 58.6 Å². The number of carbonyl (C=O) groups is 1. The third kappa shape index (κ3) is 3.05. The molecule has 0 aliphatic carbocycles. The van der Waals surface area contributed by atoms with Crippen LogP contribution in [-0.4, -0.2) is 22.2 Å². The third-order valence-electron chi connectivity index (χ3n) is 4.20. The molecule has 6 heteroatoms. The number of benzene rings is 2. The Labute approximate surface area is 150 Å². The zero-order valence-corrected chi connectivity index (χ0v) is 14.9. The number of amides is 1. The number of hydrogen-bond acceptors (Lipinski definition) is 5. The van der Waals surface area contributed by atoms with Gasteiger partial charge in [0, 0.05) is 11.0 Å². The van der Waals surface area contributed by atoms with E-state index in [4.69, 9.17) is 0 Å². The number of rotatable bonds is 2. The number of thioether (sulfide) groups is 1. The van der Waals surface area contributed by atoms with Gasteiger partial charge in [-0.05, 0) is 25.5 Å². The van der Waals surface area contributed by atoms with Crippen LogP contribution in [0.3, 0.4) is 0 Å². The first-order valence-corrected chi connectivity index (χ1v) is 9.15. The maximum absolute atomic E-state index is 12.7. The number of aryl methyl sites for hydroxylation is 1.